The normalized spacial score (nSPS) is 12.9. The van der Waals surface area contributed by atoms with E-state index in [2.05, 4.69) is 0 Å². The predicted octanol–water partition coefficient (Wildman–Crippen LogP) is 1.70. The quantitative estimate of drug-likeness (QED) is 0.811. The minimum absolute atomic E-state index is 0.00278. The van der Waals surface area contributed by atoms with Gasteiger partial charge in [0.2, 0.25) is 10.0 Å². The van der Waals surface area contributed by atoms with Crippen molar-refractivity contribution in [3.63, 3.8) is 0 Å². The third kappa shape index (κ3) is 4.07. The predicted molar refractivity (Wildman–Crippen MR) is 76.6 cm³/mol. The van der Waals surface area contributed by atoms with Crippen LogP contribution >= 0.6 is 11.6 Å². The number of hydrogen-bond acceptors (Lipinski definition) is 4. The Balaban J connectivity index is 3.21. The highest BCUT2D eigenvalue weighted by Crippen LogP contribution is 2.26. The maximum atomic E-state index is 12.5. The van der Waals surface area contributed by atoms with Crippen molar-refractivity contribution in [2.45, 2.75) is 31.3 Å². The van der Waals surface area contributed by atoms with E-state index in [0.717, 1.165) is 0 Å². The summed E-state index contributed by atoms with van der Waals surface area (Å²) in [6, 6.07) is 4.25. The van der Waals surface area contributed by atoms with Gasteiger partial charge < -0.3 is 10.8 Å². The number of likely N-dealkylation sites (N-methyl/N-ethyl adjacent to an activating group) is 1. The van der Waals surface area contributed by atoms with Crippen molar-refractivity contribution in [3.8, 4) is 0 Å². The first-order valence-electron chi connectivity index (χ1n) is 5.85. The van der Waals surface area contributed by atoms with E-state index >= 15 is 0 Å². The van der Waals surface area contributed by atoms with Crippen LogP contribution in [0.5, 0.6) is 0 Å². The van der Waals surface area contributed by atoms with Gasteiger partial charge >= 0.3 is 0 Å². The van der Waals surface area contributed by atoms with Gasteiger partial charge in [-0.25, -0.2) is 8.42 Å². The van der Waals surface area contributed by atoms with E-state index in [1.165, 1.54) is 22.5 Å². The molecule has 0 amide bonds. The minimum atomic E-state index is -3.74. The van der Waals surface area contributed by atoms with Gasteiger partial charge in [-0.2, -0.15) is 4.31 Å². The molecule has 0 aliphatic heterocycles. The number of nitrogens with zero attached hydrogens (tertiary/aromatic N) is 1. The second-order valence-electron chi connectivity index (χ2n) is 4.93. The first kappa shape index (κ1) is 16.2. The van der Waals surface area contributed by atoms with Crippen LogP contribution in [0.1, 0.15) is 20.8 Å². The Bertz CT molecular complexity index is 553. The molecule has 0 atom stereocenters. The lowest BCUT2D eigenvalue weighted by molar-refractivity contribution is 0.0601. The molecule has 0 fully saturated rings. The molecular weight excluding hydrogens is 288 g/mol. The highest BCUT2D eigenvalue weighted by Gasteiger charge is 2.29. The lowest BCUT2D eigenvalue weighted by Crippen LogP contribution is -2.42. The van der Waals surface area contributed by atoms with Crippen LogP contribution in [0, 0.1) is 0 Å². The van der Waals surface area contributed by atoms with Gasteiger partial charge in [0.05, 0.1) is 11.3 Å². The summed E-state index contributed by atoms with van der Waals surface area (Å²) in [6.07, 6.45) is 0. The molecule has 19 heavy (non-hydrogen) atoms. The zero-order valence-corrected chi connectivity index (χ0v) is 12.8. The summed E-state index contributed by atoms with van der Waals surface area (Å²) in [5.74, 6) is 0. The molecule has 5 nitrogen and oxygen atoms in total. The topological polar surface area (TPSA) is 83.6 Å². The molecule has 1 aromatic carbocycles. The SMILES string of the molecule is CCN(CC(C)(C)O)S(=O)(=O)c1ccc(Cl)cc1N. The molecule has 7 heteroatoms. The molecule has 0 bridgehead atoms. The third-order valence-electron chi connectivity index (χ3n) is 2.51. The van der Waals surface area contributed by atoms with Gasteiger partial charge in [0.15, 0.2) is 0 Å². The second kappa shape index (κ2) is 5.66. The smallest absolute Gasteiger partial charge is 0.245 e. The van der Waals surface area contributed by atoms with Crippen LogP contribution in [-0.2, 0) is 10.0 Å². The Morgan fingerprint density at radius 3 is 2.42 bits per heavy atom. The molecule has 108 valence electrons. The fraction of sp³-hybridized carbons (Fsp3) is 0.500. The lowest BCUT2D eigenvalue weighted by atomic mass is 10.1. The standard InChI is InChI=1S/C12H19ClN2O3S/c1-4-15(8-12(2,3)16)19(17,18)11-6-5-9(13)7-10(11)14/h5-7,16H,4,8,14H2,1-3H3. The van der Waals surface area contributed by atoms with Crippen molar-refractivity contribution >= 4 is 27.3 Å². The van der Waals surface area contributed by atoms with E-state index in [0.29, 0.717) is 5.02 Å². The van der Waals surface area contributed by atoms with Crippen LogP contribution in [-0.4, -0.2) is 36.5 Å². The van der Waals surface area contributed by atoms with E-state index in [4.69, 9.17) is 17.3 Å². The summed E-state index contributed by atoms with van der Waals surface area (Å²) in [6.45, 7) is 5.05. The molecule has 1 rings (SSSR count). The summed E-state index contributed by atoms with van der Waals surface area (Å²) in [5.41, 5.74) is 4.69. The average Bonchev–Trinajstić information content (AvgIpc) is 2.23. The van der Waals surface area contributed by atoms with Crippen LogP contribution in [0.4, 0.5) is 5.69 Å². The van der Waals surface area contributed by atoms with Crippen LogP contribution in [0.15, 0.2) is 23.1 Å². The monoisotopic (exact) mass is 306 g/mol. The van der Waals surface area contributed by atoms with Crippen LogP contribution in [0.3, 0.4) is 0 Å². The highest BCUT2D eigenvalue weighted by molar-refractivity contribution is 7.89. The summed E-state index contributed by atoms with van der Waals surface area (Å²) in [4.78, 5) is 0.00278. The van der Waals surface area contributed by atoms with E-state index in [1.807, 2.05) is 0 Å². The highest BCUT2D eigenvalue weighted by atomic mass is 35.5. The number of rotatable bonds is 5. The molecule has 1 aromatic rings. The molecular formula is C12H19ClN2O3S. The Morgan fingerprint density at radius 2 is 2.00 bits per heavy atom. The Kier molecular flexibility index (Phi) is 4.84. The molecule has 0 radical (unpaired) electrons. The molecule has 0 heterocycles. The van der Waals surface area contributed by atoms with Crippen molar-refractivity contribution in [1.82, 2.24) is 4.31 Å². The van der Waals surface area contributed by atoms with Crippen LogP contribution in [0.2, 0.25) is 5.02 Å². The second-order valence-corrected chi connectivity index (χ2v) is 7.27. The Hall–Kier alpha value is -0.820. The van der Waals surface area contributed by atoms with E-state index in [9.17, 15) is 13.5 Å². The molecule has 0 saturated heterocycles. The number of nitrogens with two attached hydrogens (primary N) is 1. The molecule has 0 saturated carbocycles. The number of halogens is 1. The van der Waals surface area contributed by atoms with Crippen LogP contribution < -0.4 is 5.73 Å². The van der Waals surface area contributed by atoms with Gasteiger partial charge in [-0.15, -0.1) is 0 Å². The van der Waals surface area contributed by atoms with Gasteiger partial charge in [-0.1, -0.05) is 18.5 Å². The fourth-order valence-electron chi connectivity index (χ4n) is 1.69. The number of hydrogen-bond donors (Lipinski definition) is 2. The molecule has 0 unspecified atom stereocenters. The van der Waals surface area contributed by atoms with Gasteiger partial charge in [0.25, 0.3) is 0 Å². The van der Waals surface area contributed by atoms with Crippen LogP contribution in [0.25, 0.3) is 0 Å². The number of nitrogen functional groups attached to an aromatic ring is 1. The summed E-state index contributed by atoms with van der Waals surface area (Å²) >= 11 is 5.76. The Labute approximate surface area is 119 Å². The summed E-state index contributed by atoms with van der Waals surface area (Å²) in [7, 11) is -3.74. The molecule has 3 N–H and O–H groups in total. The summed E-state index contributed by atoms with van der Waals surface area (Å²) in [5, 5.41) is 10.2. The maximum absolute atomic E-state index is 12.5. The zero-order valence-electron chi connectivity index (χ0n) is 11.2. The van der Waals surface area contributed by atoms with Crippen molar-refractivity contribution in [2.75, 3.05) is 18.8 Å². The number of sulfonamides is 1. The Morgan fingerprint density at radius 1 is 1.42 bits per heavy atom. The summed E-state index contributed by atoms with van der Waals surface area (Å²) < 4.78 is 26.1. The van der Waals surface area contributed by atoms with E-state index in [-0.39, 0.29) is 23.7 Å². The largest absolute Gasteiger partial charge is 0.398 e. The van der Waals surface area contributed by atoms with Crippen molar-refractivity contribution in [1.29, 1.82) is 0 Å². The fourth-order valence-corrected chi connectivity index (χ4v) is 3.57. The van der Waals surface area contributed by atoms with Crippen molar-refractivity contribution in [3.05, 3.63) is 23.2 Å². The van der Waals surface area contributed by atoms with Gasteiger partial charge in [0, 0.05) is 18.1 Å². The van der Waals surface area contributed by atoms with Crippen molar-refractivity contribution in [2.24, 2.45) is 0 Å². The molecule has 0 spiro atoms. The van der Waals surface area contributed by atoms with Crippen molar-refractivity contribution < 1.29 is 13.5 Å². The van der Waals surface area contributed by atoms with Gasteiger partial charge in [0.1, 0.15) is 4.90 Å². The first-order chi connectivity index (χ1) is 8.58. The molecule has 0 aliphatic carbocycles. The minimum Gasteiger partial charge on any atom is -0.398 e. The molecule has 0 aromatic heterocycles. The third-order valence-corrected chi connectivity index (χ3v) is 4.74. The lowest BCUT2D eigenvalue weighted by Gasteiger charge is -2.27. The first-order valence-corrected chi connectivity index (χ1v) is 7.67. The van der Waals surface area contributed by atoms with Gasteiger partial charge in [-0.05, 0) is 32.0 Å². The number of anilines is 1. The average molecular weight is 307 g/mol. The number of aliphatic hydroxyl groups is 1. The van der Waals surface area contributed by atoms with Gasteiger partial charge in [-0.3, -0.25) is 0 Å². The van der Waals surface area contributed by atoms with E-state index in [1.54, 1.807) is 20.8 Å². The zero-order chi connectivity index (χ0) is 14.8. The molecule has 0 aliphatic rings. The number of benzene rings is 1. The maximum Gasteiger partial charge on any atom is 0.245 e. The van der Waals surface area contributed by atoms with E-state index < -0.39 is 15.6 Å².